The van der Waals surface area contributed by atoms with Gasteiger partial charge >= 0.3 is 5.69 Å². The van der Waals surface area contributed by atoms with Crippen molar-refractivity contribution in [3.8, 4) is 0 Å². The van der Waals surface area contributed by atoms with Crippen molar-refractivity contribution in [3.05, 3.63) is 62.7 Å². The van der Waals surface area contributed by atoms with E-state index < -0.39 is 11.2 Å². The molecule has 0 aliphatic heterocycles. The van der Waals surface area contributed by atoms with E-state index in [0.29, 0.717) is 17.4 Å². The van der Waals surface area contributed by atoms with Crippen LogP contribution in [0.2, 0.25) is 0 Å². The lowest BCUT2D eigenvalue weighted by atomic mass is 10.2. The van der Waals surface area contributed by atoms with Gasteiger partial charge in [-0.25, -0.2) is 9.89 Å². The fraction of sp³-hybridized carbons (Fsp3) is 0.211. The lowest BCUT2D eigenvalue weighted by Gasteiger charge is -2.07. The summed E-state index contributed by atoms with van der Waals surface area (Å²) in [5, 5.41) is 10.4. The maximum absolute atomic E-state index is 13.2. The highest BCUT2D eigenvalue weighted by Gasteiger charge is 2.19. The van der Waals surface area contributed by atoms with Gasteiger partial charge in [-0.05, 0) is 30.5 Å². The average Bonchev–Trinajstić information content (AvgIpc) is 3.43. The SMILES string of the molecule is Cc1ccc2[nH]c(Cn3c(=O)c4c(nc(Nc5ncn[nH]5)n4C)n(C)c3=O)cc2c1. The summed E-state index contributed by atoms with van der Waals surface area (Å²) in [6.45, 7) is 2.15. The minimum absolute atomic E-state index is 0.130. The van der Waals surface area contributed by atoms with E-state index in [0.717, 1.165) is 22.2 Å². The van der Waals surface area contributed by atoms with Crippen LogP contribution in [0.3, 0.4) is 0 Å². The number of nitrogens with zero attached hydrogens (tertiary/aromatic N) is 6. The first-order valence-electron chi connectivity index (χ1n) is 9.29. The number of anilines is 2. The Morgan fingerprint density at radius 2 is 1.97 bits per heavy atom. The molecule has 11 heteroatoms. The average molecular weight is 405 g/mol. The van der Waals surface area contributed by atoms with E-state index in [-0.39, 0.29) is 12.2 Å². The summed E-state index contributed by atoms with van der Waals surface area (Å²) in [6.07, 6.45) is 1.36. The van der Waals surface area contributed by atoms with Crippen molar-refractivity contribution < 1.29 is 0 Å². The van der Waals surface area contributed by atoms with Crippen molar-refractivity contribution in [2.45, 2.75) is 13.5 Å². The van der Waals surface area contributed by atoms with Crippen molar-refractivity contribution in [2.24, 2.45) is 14.1 Å². The van der Waals surface area contributed by atoms with Crippen LogP contribution in [0.1, 0.15) is 11.3 Å². The van der Waals surface area contributed by atoms with E-state index >= 15 is 0 Å². The van der Waals surface area contributed by atoms with Gasteiger partial charge in [-0.15, -0.1) is 0 Å². The Balaban J connectivity index is 1.63. The zero-order valence-electron chi connectivity index (χ0n) is 16.6. The Bertz CT molecular complexity index is 1520. The molecule has 0 radical (unpaired) electrons. The van der Waals surface area contributed by atoms with Gasteiger partial charge in [0, 0.05) is 25.3 Å². The van der Waals surface area contributed by atoms with Crippen molar-refractivity contribution in [3.63, 3.8) is 0 Å². The Hall–Kier alpha value is -4.15. The van der Waals surface area contributed by atoms with Crippen molar-refractivity contribution >= 4 is 34.0 Å². The first-order valence-corrected chi connectivity index (χ1v) is 9.29. The van der Waals surface area contributed by atoms with Crippen molar-refractivity contribution in [1.29, 1.82) is 0 Å². The van der Waals surface area contributed by atoms with Crippen LogP contribution in [0.15, 0.2) is 40.2 Å². The maximum atomic E-state index is 13.2. The fourth-order valence-electron chi connectivity index (χ4n) is 3.63. The molecule has 0 atom stereocenters. The number of aryl methyl sites for hydroxylation is 3. The minimum Gasteiger partial charge on any atom is -0.357 e. The number of nitrogens with one attached hydrogen (secondary N) is 3. The molecule has 1 aromatic carbocycles. The van der Waals surface area contributed by atoms with Gasteiger partial charge in [-0.2, -0.15) is 15.1 Å². The normalized spacial score (nSPS) is 11.6. The second-order valence-electron chi connectivity index (χ2n) is 7.24. The molecule has 0 aliphatic carbocycles. The Labute approximate surface area is 169 Å². The molecule has 3 N–H and O–H groups in total. The third-order valence-electron chi connectivity index (χ3n) is 5.17. The molecule has 0 fully saturated rings. The summed E-state index contributed by atoms with van der Waals surface area (Å²) in [7, 11) is 3.30. The molecule has 0 aliphatic rings. The Morgan fingerprint density at radius 3 is 2.73 bits per heavy atom. The topological polar surface area (TPSA) is 131 Å². The number of fused-ring (bicyclic) bond motifs is 2. The molecule has 5 rings (SSSR count). The monoisotopic (exact) mass is 405 g/mol. The largest absolute Gasteiger partial charge is 0.357 e. The van der Waals surface area contributed by atoms with Crippen molar-refractivity contribution in [2.75, 3.05) is 5.32 Å². The summed E-state index contributed by atoms with van der Waals surface area (Å²) >= 11 is 0. The predicted octanol–water partition coefficient (Wildman–Crippen LogP) is 1.13. The molecule has 30 heavy (non-hydrogen) atoms. The van der Waals surface area contributed by atoms with Crippen LogP contribution in [0, 0.1) is 6.92 Å². The maximum Gasteiger partial charge on any atom is 0.332 e. The number of H-pyrrole nitrogens is 2. The summed E-state index contributed by atoms with van der Waals surface area (Å²) in [6, 6.07) is 8.01. The van der Waals surface area contributed by atoms with E-state index in [2.05, 4.69) is 36.5 Å². The van der Waals surface area contributed by atoms with Gasteiger partial charge in [0.1, 0.15) is 6.33 Å². The Kier molecular flexibility index (Phi) is 3.85. The van der Waals surface area contributed by atoms with Gasteiger partial charge in [0.25, 0.3) is 5.56 Å². The third kappa shape index (κ3) is 2.70. The quantitative estimate of drug-likeness (QED) is 0.411. The molecule has 11 nitrogen and oxygen atoms in total. The van der Waals surface area contributed by atoms with E-state index in [4.69, 9.17) is 0 Å². The van der Waals surface area contributed by atoms with Crippen LogP contribution in [0.25, 0.3) is 22.1 Å². The fourth-order valence-corrected chi connectivity index (χ4v) is 3.63. The molecule has 0 bridgehead atoms. The van der Waals surface area contributed by atoms with Crippen LogP contribution in [0.4, 0.5) is 11.9 Å². The third-order valence-corrected chi connectivity index (χ3v) is 5.17. The molecule has 0 spiro atoms. The first kappa shape index (κ1) is 17.9. The standard InChI is InChI=1S/C19H19N9O2/c1-10-4-5-13-11(6-10)7-12(22-13)8-28-16(29)14-15(27(3)19(28)30)23-18(26(14)2)24-17-20-9-21-25-17/h4-7,9,22H,8H2,1-3H3,(H2,20,21,23,24,25). The van der Waals surface area contributed by atoms with Crippen molar-refractivity contribution in [1.82, 2.24) is 38.9 Å². The highest BCUT2D eigenvalue weighted by atomic mass is 16.2. The number of imidazole rings is 1. The van der Waals surface area contributed by atoms with E-state index in [9.17, 15) is 9.59 Å². The van der Waals surface area contributed by atoms with Gasteiger partial charge in [-0.1, -0.05) is 11.6 Å². The highest BCUT2D eigenvalue weighted by molar-refractivity contribution is 5.81. The zero-order valence-corrected chi connectivity index (χ0v) is 16.6. The number of hydrogen-bond donors (Lipinski definition) is 3. The molecule has 4 heterocycles. The second-order valence-corrected chi connectivity index (χ2v) is 7.24. The molecular weight excluding hydrogens is 386 g/mol. The number of rotatable bonds is 4. The molecule has 0 unspecified atom stereocenters. The second kappa shape index (κ2) is 6.44. The highest BCUT2D eigenvalue weighted by Crippen LogP contribution is 2.18. The van der Waals surface area contributed by atoms with Crippen LogP contribution in [0.5, 0.6) is 0 Å². The molecular formula is C19H19N9O2. The first-order chi connectivity index (χ1) is 14.4. The molecule has 5 aromatic rings. The van der Waals surface area contributed by atoms with Crippen LogP contribution in [-0.2, 0) is 20.6 Å². The lowest BCUT2D eigenvalue weighted by molar-refractivity contribution is 0.648. The van der Waals surface area contributed by atoms with E-state index in [1.165, 1.54) is 15.5 Å². The summed E-state index contributed by atoms with van der Waals surface area (Å²) in [5.41, 5.74) is 2.63. The number of benzene rings is 1. The number of hydrogen-bond acceptors (Lipinski definition) is 6. The molecule has 0 saturated heterocycles. The van der Waals surface area contributed by atoms with Crippen LogP contribution >= 0.6 is 0 Å². The number of aromatic nitrogens is 8. The molecule has 0 saturated carbocycles. The van der Waals surface area contributed by atoms with Crippen LogP contribution < -0.4 is 16.6 Å². The summed E-state index contributed by atoms with van der Waals surface area (Å²) < 4.78 is 4.18. The molecule has 152 valence electrons. The predicted molar refractivity (Wildman–Crippen MR) is 112 cm³/mol. The lowest BCUT2D eigenvalue weighted by Crippen LogP contribution is -2.39. The van der Waals surface area contributed by atoms with Gasteiger partial charge in [-0.3, -0.25) is 19.2 Å². The zero-order chi connectivity index (χ0) is 21.0. The number of aromatic amines is 2. The van der Waals surface area contributed by atoms with Gasteiger partial charge in [0.05, 0.1) is 6.54 Å². The Morgan fingerprint density at radius 1 is 1.13 bits per heavy atom. The van der Waals surface area contributed by atoms with Gasteiger partial charge in [0.2, 0.25) is 11.9 Å². The molecule has 4 aromatic heterocycles. The van der Waals surface area contributed by atoms with E-state index in [1.54, 1.807) is 18.7 Å². The summed E-state index contributed by atoms with van der Waals surface area (Å²) in [5.74, 6) is 0.750. The summed E-state index contributed by atoms with van der Waals surface area (Å²) in [4.78, 5) is 37.8. The molecule has 0 amide bonds. The van der Waals surface area contributed by atoms with E-state index in [1.807, 2.05) is 25.1 Å². The van der Waals surface area contributed by atoms with Crippen LogP contribution in [-0.4, -0.2) is 38.9 Å². The van der Waals surface area contributed by atoms with Gasteiger partial charge in [0.15, 0.2) is 11.2 Å². The van der Waals surface area contributed by atoms with Gasteiger partial charge < -0.3 is 9.55 Å². The smallest absolute Gasteiger partial charge is 0.332 e. The minimum atomic E-state index is -0.438.